The van der Waals surface area contributed by atoms with Crippen molar-refractivity contribution >= 4 is 17.6 Å². The molecule has 0 bridgehead atoms. The van der Waals surface area contributed by atoms with E-state index in [2.05, 4.69) is 0 Å². The van der Waals surface area contributed by atoms with Crippen LogP contribution in [0.3, 0.4) is 0 Å². The van der Waals surface area contributed by atoms with Crippen molar-refractivity contribution in [2.24, 2.45) is 0 Å². The Morgan fingerprint density at radius 1 is 1.44 bits per heavy atom. The summed E-state index contributed by atoms with van der Waals surface area (Å²) in [6.07, 6.45) is 1.33. The number of aromatic carboxylic acids is 1. The first-order valence-electron chi connectivity index (χ1n) is 4.84. The van der Waals surface area contributed by atoms with Crippen LogP contribution in [0.1, 0.15) is 16.1 Å². The lowest BCUT2D eigenvalue weighted by Crippen LogP contribution is -2.09. The van der Waals surface area contributed by atoms with E-state index < -0.39 is 11.8 Å². The maximum absolute atomic E-state index is 13.7. The molecule has 4 nitrogen and oxygen atoms in total. The Hall–Kier alpha value is -2.32. The van der Waals surface area contributed by atoms with Gasteiger partial charge >= 0.3 is 5.97 Å². The quantitative estimate of drug-likeness (QED) is 0.907. The van der Waals surface area contributed by atoms with Gasteiger partial charge in [-0.2, -0.15) is 5.26 Å². The SMILES string of the molecule is N#Cc1ccn(-c2ccc(Cl)cc2F)c1C(=O)O. The average molecular weight is 265 g/mol. The van der Waals surface area contributed by atoms with Crippen LogP contribution < -0.4 is 0 Å². The Balaban J connectivity index is 2.69. The lowest BCUT2D eigenvalue weighted by Gasteiger charge is -2.07. The van der Waals surface area contributed by atoms with Crippen molar-refractivity contribution < 1.29 is 14.3 Å². The standard InChI is InChI=1S/C12H6ClFN2O2/c13-8-1-2-10(9(14)5-8)16-4-3-7(6-15)11(16)12(17)18/h1-5H,(H,17,18). The number of carboxylic acids is 1. The predicted molar refractivity (Wildman–Crippen MR) is 62.4 cm³/mol. The van der Waals surface area contributed by atoms with Gasteiger partial charge in [0.1, 0.15) is 17.6 Å². The molecule has 0 fully saturated rings. The van der Waals surface area contributed by atoms with E-state index in [1.165, 1.54) is 24.4 Å². The number of nitriles is 1. The minimum Gasteiger partial charge on any atom is -0.477 e. The van der Waals surface area contributed by atoms with Crippen LogP contribution >= 0.6 is 11.6 Å². The number of halogens is 2. The number of nitrogens with zero attached hydrogens (tertiary/aromatic N) is 2. The summed E-state index contributed by atoms with van der Waals surface area (Å²) < 4.78 is 14.8. The molecule has 2 rings (SSSR count). The average Bonchev–Trinajstić information content (AvgIpc) is 2.72. The first-order chi connectivity index (χ1) is 8.54. The van der Waals surface area contributed by atoms with Gasteiger partial charge in [0.25, 0.3) is 0 Å². The molecule has 0 aliphatic carbocycles. The lowest BCUT2D eigenvalue weighted by molar-refractivity contribution is 0.0688. The number of hydrogen-bond donors (Lipinski definition) is 1. The minimum absolute atomic E-state index is 0.0262. The molecule has 0 unspecified atom stereocenters. The van der Waals surface area contributed by atoms with Gasteiger partial charge in [-0.3, -0.25) is 0 Å². The summed E-state index contributed by atoms with van der Waals surface area (Å²) in [7, 11) is 0. The fraction of sp³-hybridized carbons (Fsp3) is 0. The highest BCUT2D eigenvalue weighted by Crippen LogP contribution is 2.22. The molecule has 1 N–H and O–H groups in total. The van der Waals surface area contributed by atoms with E-state index in [0.717, 1.165) is 10.6 Å². The Morgan fingerprint density at radius 2 is 2.17 bits per heavy atom. The molecule has 0 atom stereocenters. The highest BCUT2D eigenvalue weighted by molar-refractivity contribution is 6.30. The molecule has 0 aliphatic rings. The third-order valence-electron chi connectivity index (χ3n) is 2.38. The van der Waals surface area contributed by atoms with Crippen LogP contribution in [0, 0.1) is 17.1 Å². The van der Waals surface area contributed by atoms with Crippen molar-refractivity contribution in [2.45, 2.75) is 0 Å². The van der Waals surface area contributed by atoms with E-state index in [4.69, 9.17) is 22.0 Å². The number of carboxylic acid groups (broad SMARTS) is 1. The summed E-state index contributed by atoms with van der Waals surface area (Å²) in [6.45, 7) is 0. The summed E-state index contributed by atoms with van der Waals surface area (Å²) in [5.74, 6) is -1.96. The van der Waals surface area contributed by atoms with E-state index in [1.54, 1.807) is 6.07 Å². The molecule has 90 valence electrons. The topological polar surface area (TPSA) is 66.0 Å². The van der Waals surface area contributed by atoms with Crippen molar-refractivity contribution in [2.75, 3.05) is 0 Å². The summed E-state index contributed by atoms with van der Waals surface area (Å²) in [5, 5.41) is 18.1. The highest BCUT2D eigenvalue weighted by atomic mass is 35.5. The van der Waals surface area contributed by atoms with Crippen LogP contribution in [0.2, 0.25) is 5.02 Å². The van der Waals surface area contributed by atoms with Gasteiger partial charge in [-0.15, -0.1) is 0 Å². The predicted octanol–water partition coefficient (Wildman–Crippen LogP) is 2.84. The van der Waals surface area contributed by atoms with Crippen molar-refractivity contribution in [3.05, 3.63) is 52.6 Å². The molecule has 2 aromatic rings. The second-order valence-corrected chi connectivity index (χ2v) is 3.90. The first-order valence-corrected chi connectivity index (χ1v) is 5.22. The van der Waals surface area contributed by atoms with Gasteiger partial charge in [0.2, 0.25) is 0 Å². The Bertz CT molecular complexity index is 673. The van der Waals surface area contributed by atoms with E-state index in [1.807, 2.05) is 0 Å². The smallest absolute Gasteiger partial charge is 0.354 e. The number of rotatable bonds is 2. The molecule has 6 heteroatoms. The summed E-state index contributed by atoms with van der Waals surface area (Å²) >= 11 is 5.62. The largest absolute Gasteiger partial charge is 0.477 e. The summed E-state index contributed by atoms with van der Waals surface area (Å²) in [4.78, 5) is 11.1. The minimum atomic E-state index is -1.30. The number of aromatic nitrogens is 1. The Labute approximate surface area is 106 Å². The Morgan fingerprint density at radius 3 is 2.72 bits per heavy atom. The van der Waals surface area contributed by atoms with Crippen LogP contribution in [0.4, 0.5) is 4.39 Å². The van der Waals surface area contributed by atoms with Gasteiger partial charge in [-0.1, -0.05) is 11.6 Å². The molecule has 0 amide bonds. The van der Waals surface area contributed by atoms with E-state index in [0.29, 0.717) is 0 Å². The number of benzene rings is 1. The Kier molecular flexibility index (Phi) is 3.04. The molecular weight excluding hydrogens is 259 g/mol. The van der Waals surface area contributed by atoms with Crippen molar-refractivity contribution in [3.63, 3.8) is 0 Å². The third-order valence-corrected chi connectivity index (χ3v) is 2.61. The lowest BCUT2D eigenvalue weighted by atomic mass is 10.2. The van der Waals surface area contributed by atoms with Crippen LogP contribution in [0.5, 0.6) is 0 Å². The molecule has 0 spiro atoms. The van der Waals surface area contributed by atoms with E-state index in [-0.39, 0.29) is 22.0 Å². The van der Waals surface area contributed by atoms with Crippen LogP contribution in [0.25, 0.3) is 5.69 Å². The molecular formula is C12H6ClFN2O2. The second kappa shape index (κ2) is 4.51. The van der Waals surface area contributed by atoms with Gasteiger partial charge < -0.3 is 9.67 Å². The number of carbonyl (C=O) groups is 1. The van der Waals surface area contributed by atoms with Crippen LogP contribution in [-0.4, -0.2) is 15.6 Å². The van der Waals surface area contributed by atoms with E-state index >= 15 is 0 Å². The molecule has 0 aliphatic heterocycles. The molecule has 0 saturated heterocycles. The summed E-state index contributed by atoms with van der Waals surface area (Å²) in [5.41, 5.74) is -0.283. The fourth-order valence-electron chi connectivity index (χ4n) is 1.62. The van der Waals surface area contributed by atoms with Gasteiger partial charge in [0.15, 0.2) is 0 Å². The third kappa shape index (κ3) is 1.94. The zero-order chi connectivity index (χ0) is 13.3. The molecule has 1 heterocycles. The normalized spacial score (nSPS) is 10.1. The number of hydrogen-bond acceptors (Lipinski definition) is 2. The molecule has 18 heavy (non-hydrogen) atoms. The second-order valence-electron chi connectivity index (χ2n) is 3.46. The summed E-state index contributed by atoms with van der Waals surface area (Å²) in [6, 6.07) is 6.94. The molecule has 1 aromatic carbocycles. The molecule has 1 aromatic heterocycles. The first kappa shape index (κ1) is 12.1. The van der Waals surface area contributed by atoms with Gasteiger partial charge in [-0.25, -0.2) is 9.18 Å². The molecule has 0 saturated carbocycles. The van der Waals surface area contributed by atoms with Crippen molar-refractivity contribution in [1.82, 2.24) is 4.57 Å². The monoisotopic (exact) mass is 264 g/mol. The van der Waals surface area contributed by atoms with Crippen LogP contribution in [-0.2, 0) is 0 Å². The maximum atomic E-state index is 13.7. The fourth-order valence-corrected chi connectivity index (χ4v) is 1.78. The van der Waals surface area contributed by atoms with E-state index in [9.17, 15) is 9.18 Å². The zero-order valence-corrected chi connectivity index (χ0v) is 9.65. The zero-order valence-electron chi connectivity index (χ0n) is 8.89. The van der Waals surface area contributed by atoms with Crippen molar-refractivity contribution in [3.8, 4) is 11.8 Å². The molecule has 0 radical (unpaired) electrons. The van der Waals surface area contributed by atoms with Gasteiger partial charge in [0, 0.05) is 11.2 Å². The maximum Gasteiger partial charge on any atom is 0.354 e. The van der Waals surface area contributed by atoms with Gasteiger partial charge in [-0.05, 0) is 24.3 Å². The van der Waals surface area contributed by atoms with Crippen molar-refractivity contribution in [1.29, 1.82) is 5.26 Å². The van der Waals surface area contributed by atoms with Gasteiger partial charge in [0.05, 0.1) is 11.3 Å². The highest BCUT2D eigenvalue weighted by Gasteiger charge is 2.19. The van der Waals surface area contributed by atoms with Crippen LogP contribution in [0.15, 0.2) is 30.5 Å².